The van der Waals surface area contributed by atoms with Crippen molar-refractivity contribution in [2.45, 2.75) is 6.61 Å². The summed E-state index contributed by atoms with van der Waals surface area (Å²) >= 11 is 5.92. The van der Waals surface area contributed by atoms with E-state index in [0.29, 0.717) is 33.4 Å². The minimum absolute atomic E-state index is 0.223. The van der Waals surface area contributed by atoms with Gasteiger partial charge in [0, 0.05) is 30.1 Å². The fraction of sp³-hybridized carbons (Fsp3) is 0.111. The van der Waals surface area contributed by atoms with Gasteiger partial charge in [-0.3, -0.25) is 9.89 Å². The van der Waals surface area contributed by atoms with Gasteiger partial charge in [0.1, 0.15) is 6.61 Å². The van der Waals surface area contributed by atoms with Crippen LogP contribution in [0.3, 0.4) is 0 Å². The second kappa shape index (κ2) is 6.76. The first-order valence-electron chi connectivity index (χ1n) is 8.58. The van der Waals surface area contributed by atoms with Gasteiger partial charge in [0.05, 0.1) is 10.9 Å². The van der Waals surface area contributed by atoms with Crippen LogP contribution >= 0.6 is 11.6 Å². The van der Waals surface area contributed by atoms with E-state index in [1.165, 1.54) is 15.3 Å². The maximum Gasteiger partial charge on any atom is 0.268 e. The van der Waals surface area contributed by atoms with Crippen LogP contribution in [0.5, 0.6) is 0 Å². The number of ether oxygens (including phenoxy) is 1. The molecule has 4 aromatic heterocycles. The van der Waals surface area contributed by atoms with Crippen molar-refractivity contribution in [1.82, 2.24) is 39.3 Å². The molecule has 144 valence electrons. The van der Waals surface area contributed by atoms with Crippen molar-refractivity contribution in [3.8, 4) is 17.3 Å². The Morgan fingerprint density at radius 1 is 1.17 bits per heavy atom. The molecule has 0 aliphatic rings. The van der Waals surface area contributed by atoms with Crippen LogP contribution in [0.4, 0.5) is 0 Å². The zero-order valence-corrected chi connectivity index (χ0v) is 15.8. The van der Waals surface area contributed by atoms with Crippen LogP contribution < -0.4 is 5.56 Å². The Morgan fingerprint density at radius 2 is 2.00 bits per heavy atom. The maximum absolute atomic E-state index is 13.0. The van der Waals surface area contributed by atoms with E-state index in [2.05, 4.69) is 30.2 Å². The number of fused-ring (bicyclic) bond motifs is 3. The summed E-state index contributed by atoms with van der Waals surface area (Å²) in [6, 6.07) is 8.90. The summed E-state index contributed by atoms with van der Waals surface area (Å²) in [6.07, 6.45) is 3.07. The summed E-state index contributed by atoms with van der Waals surface area (Å²) in [5, 5.41) is 12.3. The number of H-pyrrole nitrogens is 1. The molecule has 0 amide bonds. The van der Waals surface area contributed by atoms with Gasteiger partial charge < -0.3 is 4.74 Å². The monoisotopic (exact) mass is 408 g/mol. The molecule has 0 fully saturated rings. The molecule has 0 atom stereocenters. The number of hydrogen-bond acceptors (Lipinski definition) is 7. The van der Waals surface area contributed by atoms with Crippen molar-refractivity contribution < 1.29 is 4.74 Å². The number of halogens is 1. The molecule has 0 spiro atoms. The van der Waals surface area contributed by atoms with Gasteiger partial charge in [-0.25, -0.2) is 9.55 Å². The lowest BCUT2D eigenvalue weighted by Gasteiger charge is -2.03. The Bertz CT molecular complexity index is 1400. The summed E-state index contributed by atoms with van der Waals surface area (Å²) in [4.78, 5) is 25.9. The molecule has 0 saturated heterocycles. The lowest BCUT2D eigenvalue weighted by molar-refractivity contribution is 0.178. The molecule has 0 aliphatic heterocycles. The highest BCUT2D eigenvalue weighted by Crippen LogP contribution is 2.19. The van der Waals surface area contributed by atoms with E-state index in [4.69, 9.17) is 16.3 Å². The van der Waals surface area contributed by atoms with Crippen molar-refractivity contribution in [3.05, 3.63) is 63.9 Å². The third kappa shape index (κ3) is 2.94. The summed E-state index contributed by atoms with van der Waals surface area (Å²) in [5.41, 5.74) is 1.07. The third-order valence-corrected chi connectivity index (χ3v) is 4.61. The predicted octanol–water partition coefficient (Wildman–Crippen LogP) is 2.01. The van der Waals surface area contributed by atoms with E-state index in [0.717, 1.165) is 5.56 Å². The van der Waals surface area contributed by atoms with E-state index >= 15 is 0 Å². The lowest BCUT2D eigenvalue weighted by atomic mass is 10.2. The Kier molecular flexibility index (Phi) is 4.07. The third-order valence-electron chi connectivity index (χ3n) is 4.36. The van der Waals surface area contributed by atoms with Crippen molar-refractivity contribution in [1.29, 1.82) is 0 Å². The number of rotatable bonds is 4. The highest BCUT2D eigenvalue weighted by molar-refractivity contribution is 6.30. The molecule has 0 unspecified atom stereocenters. The molecule has 29 heavy (non-hydrogen) atoms. The van der Waals surface area contributed by atoms with E-state index in [1.807, 2.05) is 12.1 Å². The van der Waals surface area contributed by atoms with Crippen LogP contribution in [0.25, 0.3) is 34.0 Å². The van der Waals surface area contributed by atoms with Gasteiger partial charge in [0.15, 0.2) is 11.6 Å². The number of aromatic amines is 1. The van der Waals surface area contributed by atoms with Gasteiger partial charge in [-0.15, -0.1) is 10.2 Å². The van der Waals surface area contributed by atoms with E-state index in [-0.39, 0.29) is 18.1 Å². The molecule has 11 heteroatoms. The zero-order chi connectivity index (χ0) is 20.0. The average Bonchev–Trinajstić information content (AvgIpc) is 3.36. The van der Waals surface area contributed by atoms with Crippen LogP contribution in [-0.4, -0.2) is 46.4 Å². The second-order valence-corrected chi connectivity index (χ2v) is 6.65. The molecule has 0 radical (unpaired) electrons. The maximum atomic E-state index is 13.0. The molecule has 0 aliphatic carbocycles. The first-order valence-corrected chi connectivity index (χ1v) is 8.95. The largest absolute Gasteiger partial charge is 0.377 e. The Hall–Kier alpha value is -3.63. The predicted molar refractivity (Wildman–Crippen MR) is 105 cm³/mol. The molecule has 10 nitrogen and oxygen atoms in total. The highest BCUT2D eigenvalue weighted by atomic mass is 35.5. The number of aromatic nitrogens is 8. The van der Waals surface area contributed by atoms with Crippen LogP contribution in [0.15, 0.2) is 47.5 Å². The molecule has 0 bridgehead atoms. The first-order chi connectivity index (χ1) is 14.1. The van der Waals surface area contributed by atoms with E-state index in [9.17, 15) is 4.79 Å². The van der Waals surface area contributed by atoms with Crippen LogP contribution in [0, 0.1) is 0 Å². The van der Waals surface area contributed by atoms with Crippen LogP contribution in [-0.2, 0) is 11.3 Å². The smallest absolute Gasteiger partial charge is 0.268 e. The minimum atomic E-state index is -0.317. The molecular formula is C18H13ClN8O2. The van der Waals surface area contributed by atoms with E-state index < -0.39 is 0 Å². The van der Waals surface area contributed by atoms with Gasteiger partial charge in [-0.1, -0.05) is 11.6 Å². The molecule has 4 heterocycles. The van der Waals surface area contributed by atoms with Crippen molar-refractivity contribution in [3.63, 3.8) is 0 Å². The number of hydrogen-bond donors (Lipinski definition) is 1. The Balaban J connectivity index is 1.61. The number of benzene rings is 1. The summed E-state index contributed by atoms with van der Waals surface area (Å²) in [7, 11) is 1.56. The van der Waals surface area contributed by atoms with E-state index in [1.54, 1.807) is 31.5 Å². The summed E-state index contributed by atoms with van der Waals surface area (Å²) in [6.45, 7) is 0.257. The fourth-order valence-corrected chi connectivity index (χ4v) is 3.13. The molecule has 1 aromatic carbocycles. The first kappa shape index (κ1) is 17.5. The van der Waals surface area contributed by atoms with Crippen LogP contribution in [0.2, 0.25) is 5.02 Å². The quantitative estimate of drug-likeness (QED) is 0.483. The van der Waals surface area contributed by atoms with Gasteiger partial charge >= 0.3 is 0 Å². The van der Waals surface area contributed by atoms with Gasteiger partial charge in [0.2, 0.25) is 0 Å². The zero-order valence-electron chi connectivity index (χ0n) is 15.1. The minimum Gasteiger partial charge on any atom is -0.377 e. The van der Waals surface area contributed by atoms with Crippen molar-refractivity contribution in [2.75, 3.05) is 7.11 Å². The van der Waals surface area contributed by atoms with Gasteiger partial charge in [0.25, 0.3) is 17.3 Å². The summed E-state index contributed by atoms with van der Waals surface area (Å²) in [5.74, 6) is 1.63. The summed E-state index contributed by atoms with van der Waals surface area (Å²) < 4.78 is 7.92. The van der Waals surface area contributed by atoms with Crippen molar-refractivity contribution in [2.24, 2.45) is 0 Å². The SMILES string of the molecule is COCc1nc2ncc3c(=O)n(-c4n[nH]c(-c5ccc(Cl)cc5)n4)ccc3n2n1. The second-order valence-electron chi connectivity index (χ2n) is 6.21. The fourth-order valence-electron chi connectivity index (χ4n) is 3.01. The topological polar surface area (TPSA) is 116 Å². The molecule has 1 N–H and O–H groups in total. The van der Waals surface area contributed by atoms with Crippen LogP contribution in [0.1, 0.15) is 5.82 Å². The Labute approximate surface area is 167 Å². The van der Waals surface area contributed by atoms with Gasteiger partial charge in [-0.2, -0.15) is 14.5 Å². The Morgan fingerprint density at radius 3 is 2.79 bits per heavy atom. The number of methoxy groups -OCH3 is 1. The lowest BCUT2D eigenvalue weighted by Crippen LogP contribution is -2.20. The normalized spacial score (nSPS) is 11.5. The average molecular weight is 409 g/mol. The molecule has 5 rings (SSSR count). The molecule has 5 aromatic rings. The number of nitrogens with zero attached hydrogens (tertiary/aromatic N) is 7. The molecular weight excluding hydrogens is 396 g/mol. The highest BCUT2D eigenvalue weighted by Gasteiger charge is 2.14. The van der Waals surface area contributed by atoms with Gasteiger partial charge in [-0.05, 0) is 30.3 Å². The molecule has 0 saturated carbocycles. The standard InChI is InChI=1S/C18H13ClN8O2/c1-29-9-14-21-17-20-8-12-13(27(17)25-14)6-7-26(16(12)28)18-22-15(23-24-18)10-2-4-11(19)5-3-10/h2-8H,9H2,1H3,(H,22,23,24). The van der Waals surface area contributed by atoms with Crippen molar-refractivity contribution >= 4 is 28.3 Å². The number of nitrogens with one attached hydrogen (secondary N) is 1. The number of pyridine rings is 1.